The number of aliphatic hydroxyl groups is 1. The summed E-state index contributed by atoms with van der Waals surface area (Å²) in [6.45, 7) is 1.72. The molecule has 0 radical (unpaired) electrons. The van der Waals surface area contributed by atoms with Gasteiger partial charge in [-0.05, 0) is 60.4 Å². The molecule has 0 spiro atoms. The Hall–Kier alpha value is -2.94. The van der Waals surface area contributed by atoms with Crippen molar-refractivity contribution in [2.45, 2.75) is 44.5 Å². The minimum Gasteiger partial charge on any atom is -0.496 e. The number of benzene rings is 3. The number of halogens is 1. The van der Waals surface area contributed by atoms with Gasteiger partial charge in [0.1, 0.15) is 17.8 Å². The van der Waals surface area contributed by atoms with Crippen LogP contribution in [-0.4, -0.2) is 42.2 Å². The number of nitrogens with zero attached hydrogens (tertiary/aromatic N) is 1. The van der Waals surface area contributed by atoms with E-state index >= 15 is 0 Å². The van der Waals surface area contributed by atoms with Gasteiger partial charge in [0.25, 0.3) is 0 Å². The van der Waals surface area contributed by atoms with Crippen LogP contribution < -0.4 is 20.7 Å². The van der Waals surface area contributed by atoms with Crippen molar-refractivity contribution in [3.05, 3.63) is 70.2 Å². The van der Waals surface area contributed by atoms with Crippen molar-refractivity contribution in [1.29, 1.82) is 0 Å². The smallest absolute Gasteiger partial charge is 0.249 e. The Labute approximate surface area is 207 Å². The second-order valence-electron chi connectivity index (χ2n) is 8.53. The molecule has 178 valence electrons. The van der Waals surface area contributed by atoms with Crippen molar-refractivity contribution < 1.29 is 19.4 Å². The van der Waals surface area contributed by atoms with Gasteiger partial charge in [-0.2, -0.15) is 0 Å². The molecule has 4 N–H and O–H groups in total. The number of nitrogens with two attached hydrogens (primary N) is 1. The second kappa shape index (κ2) is 10.1. The normalized spacial score (nSPS) is 17.6. The van der Waals surface area contributed by atoms with Crippen molar-refractivity contribution >= 4 is 44.2 Å². The Kier molecular flexibility index (Phi) is 7.21. The maximum Gasteiger partial charge on any atom is 0.249 e. The first-order valence-electron chi connectivity index (χ1n) is 11.2. The molecular formula is C26H28BrN3O4. The minimum absolute atomic E-state index is 0.229. The number of aliphatic hydroxyl groups excluding tert-OH is 1. The zero-order valence-corrected chi connectivity index (χ0v) is 20.7. The predicted molar refractivity (Wildman–Crippen MR) is 136 cm³/mol. The van der Waals surface area contributed by atoms with E-state index in [2.05, 4.69) is 21.2 Å². The third-order valence-corrected chi connectivity index (χ3v) is 6.77. The fourth-order valence-electron chi connectivity index (χ4n) is 4.36. The molecule has 4 rings (SSSR count). The van der Waals surface area contributed by atoms with Crippen molar-refractivity contribution in [3.63, 3.8) is 0 Å². The van der Waals surface area contributed by atoms with Gasteiger partial charge in [-0.3, -0.25) is 9.59 Å². The summed E-state index contributed by atoms with van der Waals surface area (Å²) < 4.78 is 6.63. The number of para-hydroxylation sites is 1. The van der Waals surface area contributed by atoms with E-state index in [4.69, 9.17) is 10.5 Å². The maximum absolute atomic E-state index is 13.8. The molecule has 3 aromatic carbocycles. The highest BCUT2D eigenvalue weighted by molar-refractivity contribution is 9.10. The lowest BCUT2D eigenvalue weighted by molar-refractivity contribution is -0.129. The van der Waals surface area contributed by atoms with Crippen LogP contribution in [0.5, 0.6) is 5.75 Å². The van der Waals surface area contributed by atoms with Crippen LogP contribution in [0.15, 0.2) is 59.1 Å². The van der Waals surface area contributed by atoms with Gasteiger partial charge in [0.2, 0.25) is 11.8 Å². The van der Waals surface area contributed by atoms with Crippen LogP contribution in [-0.2, 0) is 22.6 Å². The van der Waals surface area contributed by atoms with Crippen molar-refractivity contribution in [3.8, 4) is 5.75 Å². The van der Waals surface area contributed by atoms with E-state index in [1.54, 1.807) is 12.0 Å². The molecule has 1 heterocycles. The van der Waals surface area contributed by atoms with Crippen molar-refractivity contribution in [1.82, 2.24) is 5.32 Å². The first-order chi connectivity index (χ1) is 16.3. The first-order valence-corrected chi connectivity index (χ1v) is 12.0. The van der Waals surface area contributed by atoms with Crippen LogP contribution >= 0.6 is 15.9 Å². The Morgan fingerprint density at radius 2 is 2.03 bits per heavy atom. The number of nitrogens with one attached hydrogen (secondary N) is 1. The number of hydrogen-bond donors (Lipinski definition) is 3. The topological polar surface area (TPSA) is 105 Å². The molecule has 8 heteroatoms. The van der Waals surface area contributed by atoms with Gasteiger partial charge in [0.05, 0.1) is 19.8 Å². The number of anilines is 1. The first kappa shape index (κ1) is 24.2. The summed E-state index contributed by atoms with van der Waals surface area (Å²) in [6, 6.07) is 15.8. The lowest BCUT2D eigenvalue weighted by Crippen LogP contribution is -2.54. The molecule has 0 aromatic heterocycles. The van der Waals surface area contributed by atoms with Crippen LogP contribution in [0.25, 0.3) is 10.8 Å². The molecule has 0 bridgehead atoms. The second-order valence-corrected chi connectivity index (χ2v) is 9.45. The van der Waals surface area contributed by atoms with Gasteiger partial charge in [-0.25, -0.2) is 0 Å². The summed E-state index contributed by atoms with van der Waals surface area (Å²) in [5, 5.41) is 14.5. The fourth-order valence-corrected chi connectivity index (χ4v) is 4.74. The molecule has 2 unspecified atom stereocenters. The largest absolute Gasteiger partial charge is 0.496 e. The molecule has 3 aromatic rings. The highest BCUT2D eigenvalue weighted by Gasteiger charge is 2.33. The highest BCUT2D eigenvalue weighted by Crippen LogP contribution is 2.35. The fraction of sp³-hybridized carbons (Fsp3) is 0.308. The zero-order valence-electron chi connectivity index (χ0n) is 19.1. The molecule has 0 saturated heterocycles. The minimum atomic E-state index is -1.11. The molecule has 1 aliphatic rings. The quantitative estimate of drug-likeness (QED) is 0.458. The van der Waals surface area contributed by atoms with Crippen LogP contribution in [0.1, 0.15) is 24.5 Å². The lowest BCUT2D eigenvalue weighted by Gasteiger charge is -2.28. The maximum atomic E-state index is 13.8. The van der Waals surface area contributed by atoms with E-state index < -0.39 is 24.1 Å². The summed E-state index contributed by atoms with van der Waals surface area (Å²) in [6.07, 6.45) is 0.0328. The number of carbonyl (C=O) groups is 2. The van der Waals surface area contributed by atoms with Gasteiger partial charge < -0.3 is 25.8 Å². The lowest BCUT2D eigenvalue weighted by atomic mass is 10.0. The summed E-state index contributed by atoms with van der Waals surface area (Å²) in [5.41, 5.74) is 8.52. The number of aryl methyl sites for hydroxylation is 1. The van der Waals surface area contributed by atoms with Gasteiger partial charge in [-0.1, -0.05) is 46.3 Å². The summed E-state index contributed by atoms with van der Waals surface area (Å²) in [4.78, 5) is 28.1. The number of hydrogen-bond acceptors (Lipinski definition) is 5. The number of fused-ring (bicyclic) bond motifs is 2. The van der Waals surface area contributed by atoms with Crippen molar-refractivity contribution in [2.24, 2.45) is 5.73 Å². The van der Waals surface area contributed by atoms with Crippen LogP contribution in [0, 0.1) is 0 Å². The van der Waals surface area contributed by atoms with Gasteiger partial charge in [-0.15, -0.1) is 0 Å². The summed E-state index contributed by atoms with van der Waals surface area (Å²) in [7, 11) is 1.61. The van der Waals surface area contributed by atoms with Gasteiger partial charge >= 0.3 is 0 Å². The number of rotatable bonds is 6. The molecule has 3 atom stereocenters. The third-order valence-electron chi connectivity index (χ3n) is 6.27. The van der Waals surface area contributed by atoms with E-state index in [-0.39, 0.29) is 12.5 Å². The molecule has 34 heavy (non-hydrogen) atoms. The standard InChI is InChI=1S/C26H28BrN3O4/c1-15(31)24(28)25(32)29-21-11-7-16-5-3-4-6-22(16)30(26(21)33)14-20-19-10-9-18(27)13-17(19)8-12-23(20)34-2/h3-6,8-10,12-13,15,21,24,31H,7,11,14,28H2,1-2H3,(H,29,32)/t15?,21-,24?/m0/s1. The Bertz CT molecular complexity index is 1230. The Balaban J connectivity index is 1.76. The summed E-state index contributed by atoms with van der Waals surface area (Å²) in [5.74, 6) is -0.0971. The van der Waals surface area contributed by atoms with E-state index in [1.807, 2.05) is 54.6 Å². The van der Waals surface area contributed by atoms with E-state index in [9.17, 15) is 14.7 Å². The van der Waals surface area contributed by atoms with Crippen LogP contribution in [0.2, 0.25) is 0 Å². The molecule has 7 nitrogen and oxygen atoms in total. The number of ether oxygens (including phenoxy) is 1. The van der Waals surface area contributed by atoms with Crippen LogP contribution in [0.4, 0.5) is 5.69 Å². The van der Waals surface area contributed by atoms with Gasteiger partial charge in [0.15, 0.2) is 0 Å². The molecular weight excluding hydrogens is 498 g/mol. The number of carbonyl (C=O) groups excluding carboxylic acids is 2. The molecule has 2 amide bonds. The van der Waals surface area contributed by atoms with Gasteiger partial charge in [0, 0.05) is 15.7 Å². The van der Waals surface area contributed by atoms with E-state index in [0.29, 0.717) is 18.6 Å². The monoisotopic (exact) mass is 525 g/mol. The highest BCUT2D eigenvalue weighted by atomic mass is 79.9. The van der Waals surface area contributed by atoms with Crippen LogP contribution in [0.3, 0.4) is 0 Å². The third kappa shape index (κ3) is 4.80. The van der Waals surface area contributed by atoms with Crippen molar-refractivity contribution in [2.75, 3.05) is 12.0 Å². The Morgan fingerprint density at radius 1 is 1.26 bits per heavy atom. The molecule has 1 aliphatic heterocycles. The molecule has 0 aliphatic carbocycles. The summed E-state index contributed by atoms with van der Waals surface area (Å²) >= 11 is 3.52. The zero-order chi connectivity index (χ0) is 24.4. The Morgan fingerprint density at radius 3 is 2.76 bits per heavy atom. The average molecular weight is 526 g/mol. The number of methoxy groups -OCH3 is 1. The number of amides is 2. The molecule has 0 saturated carbocycles. The van der Waals surface area contributed by atoms with E-state index in [1.165, 1.54) is 6.92 Å². The average Bonchev–Trinajstić information content (AvgIpc) is 2.95. The predicted octanol–water partition coefficient (Wildman–Crippen LogP) is 3.28. The SMILES string of the molecule is COc1ccc2cc(Br)ccc2c1CN1C(=O)[C@@H](NC(=O)C(N)C(C)O)CCc2ccccc21. The van der Waals surface area contributed by atoms with E-state index in [0.717, 1.165) is 32.1 Å². The molecule has 0 fully saturated rings.